The molecule has 0 aromatic rings. The molecule has 0 nitrogen and oxygen atoms in total. The highest BCUT2D eigenvalue weighted by Crippen LogP contribution is 1.96. The Bertz CT molecular complexity index is 32.9. The lowest BCUT2D eigenvalue weighted by atomic mass is 10.4. The SMILES string of the molecule is C=ICCCC. The van der Waals surface area contributed by atoms with E-state index < -0.39 is 0 Å². The molecule has 0 fully saturated rings. The Balaban J connectivity index is 2.49. The molecule has 0 rings (SSSR count). The fourth-order valence-electron chi connectivity index (χ4n) is 0.228. The number of unbranched alkanes of at least 4 members (excludes halogenated alkanes) is 1. The average molecular weight is 198 g/mol. The summed E-state index contributed by atoms with van der Waals surface area (Å²) in [4.78, 5) is 0. The third kappa shape index (κ3) is 4.60. The number of hydrogen-bond acceptors (Lipinski definition) is 0. The quantitative estimate of drug-likeness (QED) is 0.370. The van der Waals surface area contributed by atoms with Gasteiger partial charge in [0.15, 0.2) is 0 Å². The van der Waals surface area contributed by atoms with Crippen LogP contribution in [0.3, 0.4) is 0 Å². The van der Waals surface area contributed by atoms with Gasteiger partial charge in [-0.3, -0.25) is 0 Å². The van der Waals surface area contributed by atoms with E-state index in [9.17, 15) is 0 Å². The molecule has 38 valence electrons. The molecule has 0 heterocycles. The minimum atomic E-state index is 0.351. The Labute approximate surface area is 49.7 Å². The van der Waals surface area contributed by atoms with Crippen molar-refractivity contribution < 1.29 is 0 Å². The highest BCUT2D eigenvalue weighted by molar-refractivity contribution is 14.2. The van der Waals surface area contributed by atoms with Crippen LogP contribution in [0.25, 0.3) is 0 Å². The van der Waals surface area contributed by atoms with Gasteiger partial charge in [-0.1, -0.05) is 17.9 Å². The van der Waals surface area contributed by atoms with Gasteiger partial charge >= 0.3 is 0 Å². The van der Waals surface area contributed by atoms with E-state index in [2.05, 4.69) is 11.4 Å². The predicted molar refractivity (Wildman–Crippen MR) is 40.9 cm³/mol. The van der Waals surface area contributed by atoms with Crippen molar-refractivity contribution in [2.75, 3.05) is 4.43 Å². The Morgan fingerprint density at radius 3 is 2.50 bits per heavy atom. The Morgan fingerprint density at radius 1 is 1.67 bits per heavy atom. The lowest BCUT2D eigenvalue weighted by Gasteiger charge is -1.81. The second-order valence-corrected chi connectivity index (χ2v) is 3.39. The number of halogens is 1. The molecule has 0 aliphatic rings. The molecule has 0 aromatic heterocycles. The lowest BCUT2D eigenvalue weighted by Crippen LogP contribution is -1.66. The van der Waals surface area contributed by atoms with Crippen molar-refractivity contribution in [2.45, 2.75) is 19.8 Å². The Morgan fingerprint density at radius 2 is 2.33 bits per heavy atom. The van der Waals surface area contributed by atoms with Gasteiger partial charge in [0.1, 0.15) is 0 Å². The fourth-order valence-corrected chi connectivity index (χ4v) is 1.53. The van der Waals surface area contributed by atoms with Gasteiger partial charge in [0.2, 0.25) is 0 Å². The van der Waals surface area contributed by atoms with Gasteiger partial charge in [-0.2, -0.15) is 0 Å². The van der Waals surface area contributed by atoms with Crippen molar-refractivity contribution >= 4 is 25.2 Å². The van der Waals surface area contributed by atoms with Crippen LogP contribution in [0.2, 0.25) is 0 Å². The Kier molecular flexibility index (Phi) is 6.16. The largest absolute Gasteiger partial charge is 0.131 e. The molecule has 0 saturated heterocycles. The molecule has 0 aliphatic heterocycles. The standard InChI is InChI=1S/C5H11I/c1-3-4-5-6-2/h2-5H2,1H3. The number of hydrogen-bond donors (Lipinski definition) is 0. The van der Waals surface area contributed by atoms with Crippen LogP contribution in [-0.2, 0) is 0 Å². The van der Waals surface area contributed by atoms with Crippen molar-refractivity contribution in [1.82, 2.24) is 0 Å². The van der Waals surface area contributed by atoms with Crippen molar-refractivity contribution in [1.29, 1.82) is 0 Å². The molecule has 0 N–H and O–H groups in total. The van der Waals surface area contributed by atoms with Crippen molar-refractivity contribution in [3.8, 4) is 0 Å². The minimum Gasteiger partial charge on any atom is -0.131 e. The van der Waals surface area contributed by atoms with Crippen LogP contribution >= 0.6 is 20.7 Å². The first-order valence-corrected chi connectivity index (χ1v) is 5.29. The summed E-state index contributed by atoms with van der Waals surface area (Å²) in [6.07, 6.45) is 2.74. The van der Waals surface area contributed by atoms with Gasteiger partial charge in [-0.15, -0.1) is 20.7 Å². The predicted octanol–water partition coefficient (Wildman–Crippen LogP) is 2.19. The molecule has 0 atom stereocenters. The van der Waals surface area contributed by atoms with E-state index in [0.29, 0.717) is 20.7 Å². The van der Waals surface area contributed by atoms with Crippen LogP contribution < -0.4 is 0 Å². The molecule has 0 unspecified atom stereocenters. The maximum Gasteiger partial charge on any atom is -0.00577 e. The molecular weight excluding hydrogens is 187 g/mol. The maximum atomic E-state index is 3.83. The van der Waals surface area contributed by atoms with E-state index in [1.807, 2.05) is 0 Å². The third-order valence-corrected chi connectivity index (χ3v) is 2.15. The van der Waals surface area contributed by atoms with Gasteiger partial charge in [-0.05, 0) is 10.8 Å². The Hall–Kier alpha value is 0.600. The van der Waals surface area contributed by atoms with Crippen LogP contribution in [0.15, 0.2) is 0 Å². The van der Waals surface area contributed by atoms with E-state index in [4.69, 9.17) is 0 Å². The third-order valence-electron chi connectivity index (χ3n) is 0.621. The second kappa shape index (κ2) is 5.60. The molecule has 0 amide bonds. The zero-order valence-electron chi connectivity index (χ0n) is 4.21. The molecular formula is C5H11I. The number of alkyl halides is 1. The van der Waals surface area contributed by atoms with E-state index in [1.165, 1.54) is 17.3 Å². The minimum absolute atomic E-state index is 0.351. The number of rotatable bonds is 3. The zero-order valence-corrected chi connectivity index (χ0v) is 6.36. The van der Waals surface area contributed by atoms with Crippen LogP contribution in [0, 0.1) is 0 Å². The molecule has 0 spiro atoms. The molecule has 0 aromatic carbocycles. The molecule has 0 radical (unpaired) electrons. The highest BCUT2D eigenvalue weighted by Gasteiger charge is 1.71. The van der Waals surface area contributed by atoms with Crippen molar-refractivity contribution in [2.24, 2.45) is 0 Å². The maximum absolute atomic E-state index is 3.83. The summed E-state index contributed by atoms with van der Waals surface area (Å²) >= 11 is 0.351. The van der Waals surface area contributed by atoms with Gasteiger partial charge < -0.3 is 0 Å². The van der Waals surface area contributed by atoms with Crippen LogP contribution in [0.5, 0.6) is 0 Å². The first-order valence-electron chi connectivity index (χ1n) is 2.24. The summed E-state index contributed by atoms with van der Waals surface area (Å²) in [6, 6.07) is 0. The summed E-state index contributed by atoms with van der Waals surface area (Å²) in [5.41, 5.74) is 0. The average Bonchev–Trinajstić information content (AvgIpc) is 1.61. The van der Waals surface area contributed by atoms with Crippen LogP contribution in [0.4, 0.5) is 0 Å². The van der Waals surface area contributed by atoms with Crippen molar-refractivity contribution in [3.63, 3.8) is 0 Å². The zero-order chi connectivity index (χ0) is 4.83. The molecule has 0 aliphatic carbocycles. The van der Waals surface area contributed by atoms with E-state index in [1.54, 1.807) is 0 Å². The topological polar surface area (TPSA) is 0 Å². The highest BCUT2D eigenvalue weighted by atomic mass is 127. The van der Waals surface area contributed by atoms with Gasteiger partial charge in [0.25, 0.3) is 0 Å². The molecule has 1 heteroatoms. The van der Waals surface area contributed by atoms with E-state index in [-0.39, 0.29) is 0 Å². The second-order valence-electron chi connectivity index (χ2n) is 1.23. The summed E-state index contributed by atoms with van der Waals surface area (Å²) in [5, 5.41) is 0. The van der Waals surface area contributed by atoms with Gasteiger partial charge in [0, 0.05) is 0 Å². The lowest BCUT2D eigenvalue weighted by molar-refractivity contribution is 0.907. The normalized spacial score (nSPS) is 8.83. The van der Waals surface area contributed by atoms with Gasteiger partial charge in [-0.25, -0.2) is 0 Å². The first-order chi connectivity index (χ1) is 2.91. The smallest absolute Gasteiger partial charge is 0.00577 e. The summed E-state index contributed by atoms with van der Waals surface area (Å²) in [7, 11) is 0. The summed E-state index contributed by atoms with van der Waals surface area (Å²) in [6.45, 7) is 2.22. The van der Waals surface area contributed by atoms with Crippen LogP contribution in [-0.4, -0.2) is 8.94 Å². The molecule has 6 heavy (non-hydrogen) atoms. The monoisotopic (exact) mass is 198 g/mol. The summed E-state index contributed by atoms with van der Waals surface area (Å²) in [5.74, 6) is 0. The molecule has 0 saturated carbocycles. The van der Waals surface area contributed by atoms with Crippen LogP contribution in [0.1, 0.15) is 19.8 Å². The molecule has 0 bridgehead atoms. The van der Waals surface area contributed by atoms with Crippen molar-refractivity contribution in [3.05, 3.63) is 0 Å². The fraction of sp³-hybridized carbons (Fsp3) is 0.800. The first kappa shape index (κ1) is 6.60. The van der Waals surface area contributed by atoms with E-state index in [0.717, 1.165) is 0 Å². The van der Waals surface area contributed by atoms with Gasteiger partial charge in [0.05, 0.1) is 0 Å². The summed E-state index contributed by atoms with van der Waals surface area (Å²) < 4.78 is 5.25. The van der Waals surface area contributed by atoms with E-state index >= 15 is 0 Å².